The Balaban J connectivity index is 2.05. The smallest absolute Gasteiger partial charge is 0.308 e. The zero-order chi connectivity index (χ0) is 13.1. The molecule has 2 saturated carbocycles. The van der Waals surface area contributed by atoms with Crippen LogP contribution >= 0.6 is 0 Å². The lowest BCUT2D eigenvalue weighted by atomic mass is 9.79. The van der Waals surface area contributed by atoms with Crippen molar-refractivity contribution in [1.82, 2.24) is 4.90 Å². The molecule has 18 heavy (non-hydrogen) atoms. The van der Waals surface area contributed by atoms with Crippen LogP contribution in [0.1, 0.15) is 58.3 Å². The highest BCUT2D eigenvalue weighted by molar-refractivity contribution is 5.71. The molecule has 0 aliphatic heterocycles. The number of carboxylic acid groups (broad SMARTS) is 1. The van der Waals surface area contributed by atoms with Crippen molar-refractivity contribution in [2.24, 2.45) is 11.8 Å². The Kier molecular flexibility index (Phi) is 4.66. The summed E-state index contributed by atoms with van der Waals surface area (Å²) in [5.41, 5.74) is 0. The van der Waals surface area contributed by atoms with Crippen LogP contribution in [0.25, 0.3) is 0 Å². The quantitative estimate of drug-likeness (QED) is 0.840. The number of carbonyl (C=O) groups is 1. The van der Waals surface area contributed by atoms with Gasteiger partial charge in [0.1, 0.15) is 0 Å². The topological polar surface area (TPSA) is 40.5 Å². The van der Waals surface area contributed by atoms with Crippen LogP contribution in [0.15, 0.2) is 0 Å². The lowest BCUT2D eigenvalue weighted by molar-refractivity contribution is -0.146. The predicted molar refractivity (Wildman–Crippen MR) is 72.6 cm³/mol. The molecule has 3 nitrogen and oxygen atoms in total. The van der Waals surface area contributed by atoms with Crippen molar-refractivity contribution >= 4 is 5.97 Å². The zero-order valence-corrected chi connectivity index (χ0v) is 11.8. The first-order chi connectivity index (χ1) is 8.61. The fourth-order valence-corrected chi connectivity index (χ4v) is 4.03. The Labute approximate surface area is 111 Å². The number of nitrogens with zero attached hydrogens (tertiary/aromatic N) is 1. The van der Waals surface area contributed by atoms with Crippen LogP contribution in [0.3, 0.4) is 0 Å². The Bertz CT molecular complexity index is 292. The molecular formula is C15H27NO2. The molecule has 0 aromatic carbocycles. The molecule has 0 spiro atoms. The van der Waals surface area contributed by atoms with Crippen molar-refractivity contribution in [3.05, 3.63) is 0 Å². The highest BCUT2D eigenvalue weighted by Crippen LogP contribution is 2.34. The third kappa shape index (κ3) is 2.87. The van der Waals surface area contributed by atoms with Gasteiger partial charge in [-0.3, -0.25) is 9.69 Å². The Morgan fingerprint density at radius 3 is 2.17 bits per heavy atom. The van der Waals surface area contributed by atoms with Crippen molar-refractivity contribution in [1.29, 1.82) is 0 Å². The molecular weight excluding hydrogens is 226 g/mol. The van der Waals surface area contributed by atoms with Crippen LogP contribution in [0.2, 0.25) is 0 Å². The first-order valence-electron chi connectivity index (χ1n) is 7.56. The largest absolute Gasteiger partial charge is 0.481 e. The maximum atomic E-state index is 11.4. The van der Waals surface area contributed by atoms with Gasteiger partial charge in [0, 0.05) is 12.1 Å². The number of rotatable bonds is 3. The van der Waals surface area contributed by atoms with Gasteiger partial charge in [-0.2, -0.15) is 0 Å². The molecule has 0 aromatic heterocycles. The lowest BCUT2D eigenvalue weighted by Gasteiger charge is -2.44. The molecule has 4 atom stereocenters. The van der Waals surface area contributed by atoms with Gasteiger partial charge in [0.05, 0.1) is 5.92 Å². The third-order valence-electron chi connectivity index (χ3n) is 5.16. The van der Waals surface area contributed by atoms with Gasteiger partial charge in [-0.25, -0.2) is 0 Å². The van der Waals surface area contributed by atoms with E-state index in [0.29, 0.717) is 6.04 Å². The summed E-state index contributed by atoms with van der Waals surface area (Å²) in [5, 5.41) is 9.40. The molecule has 0 heterocycles. The first kappa shape index (κ1) is 13.9. The number of aliphatic carboxylic acids is 1. The second-order valence-electron chi connectivity index (χ2n) is 6.29. The number of hydrogen-bond donors (Lipinski definition) is 1. The molecule has 0 amide bonds. The van der Waals surface area contributed by atoms with Crippen molar-refractivity contribution in [3.63, 3.8) is 0 Å². The maximum Gasteiger partial charge on any atom is 0.308 e. The van der Waals surface area contributed by atoms with Crippen LogP contribution in [-0.4, -0.2) is 35.1 Å². The van der Waals surface area contributed by atoms with E-state index in [2.05, 4.69) is 18.9 Å². The molecule has 0 radical (unpaired) electrons. The summed E-state index contributed by atoms with van der Waals surface area (Å²) in [5.74, 6) is -0.00647. The van der Waals surface area contributed by atoms with Crippen molar-refractivity contribution < 1.29 is 9.90 Å². The van der Waals surface area contributed by atoms with E-state index in [0.717, 1.165) is 25.2 Å². The summed E-state index contributed by atoms with van der Waals surface area (Å²) in [6.45, 7) is 2.33. The second kappa shape index (κ2) is 6.05. The molecule has 2 aliphatic rings. The van der Waals surface area contributed by atoms with Gasteiger partial charge in [-0.05, 0) is 38.6 Å². The van der Waals surface area contributed by atoms with Gasteiger partial charge >= 0.3 is 5.97 Å². The van der Waals surface area contributed by atoms with E-state index < -0.39 is 5.97 Å². The number of hydrogen-bond acceptors (Lipinski definition) is 2. The van der Waals surface area contributed by atoms with Crippen LogP contribution in [0.4, 0.5) is 0 Å². The van der Waals surface area contributed by atoms with E-state index in [9.17, 15) is 9.90 Å². The van der Waals surface area contributed by atoms with Crippen molar-refractivity contribution in [2.45, 2.75) is 70.4 Å². The molecule has 2 rings (SSSR count). The summed E-state index contributed by atoms with van der Waals surface area (Å²) >= 11 is 0. The van der Waals surface area contributed by atoms with Crippen molar-refractivity contribution in [2.75, 3.05) is 7.05 Å². The van der Waals surface area contributed by atoms with Gasteiger partial charge in [-0.1, -0.05) is 32.6 Å². The summed E-state index contributed by atoms with van der Waals surface area (Å²) in [4.78, 5) is 13.8. The summed E-state index contributed by atoms with van der Waals surface area (Å²) in [6.07, 6.45) is 9.42. The van der Waals surface area contributed by atoms with Gasteiger partial charge in [0.2, 0.25) is 0 Å². The van der Waals surface area contributed by atoms with E-state index >= 15 is 0 Å². The molecule has 0 saturated heterocycles. The third-order valence-corrected chi connectivity index (χ3v) is 5.16. The van der Waals surface area contributed by atoms with Crippen LogP contribution in [0, 0.1) is 11.8 Å². The predicted octanol–water partition coefficient (Wildman–Crippen LogP) is 3.14. The molecule has 1 N–H and O–H groups in total. The molecule has 2 aliphatic carbocycles. The zero-order valence-electron chi connectivity index (χ0n) is 11.8. The standard InChI is InChI=1S/C15H27NO2/c1-11-7-3-5-9-13(11)16(2)14-10-6-4-8-12(14)15(17)18/h11-14H,3-10H2,1-2H3,(H,17,18). The van der Waals surface area contributed by atoms with E-state index in [1.807, 2.05) is 0 Å². The molecule has 4 unspecified atom stereocenters. The van der Waals surface area contributed by atoms with E-state index in [-0.39, 0.29) is 12.0 Å². The fourth-order valence-electron chi connectivity index (χ4n) is 4.03. The van der Waals surface area contributed by atoms with Crippen LogP contribution in [0.5, 0.6) is 0 Å². The normalized spacial score (nSPS) is 37.7. The van der Waals surface area contributed by atoms with Crippen molar-refractivity contribution in [3.8, 4) is 0 Å². The van der Waals surface area contributed by atoms with E-state index in [4.69, 9.17) is 0 Å². The summed E-state index contributed by atoms with van der Waals surface area (Å²) in [6, 6.07) is 0.866. The highest BCUT2D eigenvalue weighted by Gasteiger charge is 2.37. The van der Waals surface area contributed by atoms with Gasteiger partial charge in [0.15, 0.2) is 0 Å². The Morgan fingerprint density at radius 1 is 1.00 bits per heavy atom. The van der Waals surface area contributed by atoms with Gasteiger partial charge < -0.3 is 5.11 Å². The summed E-state index contributed by atoms with van der Waals surface area (Å²) < 4.78 is 0. The average Bonchev–Trinajstić information content (AvgIpc) is 2.38. The Morgan fingerprint density at radius 2 is 1.56 bits per heavy atom. The highest BCUT2D eigenvalue weighted by atomic mass is 16.4. The number of carboxylic acids is 1. The van der Waals surface area contributed by atoms with E-state index in [1.54, 1.807) is 0 Å². The minimum Gasteiger partial charge on any atom is -0.481 e. The molecule has 104 valence electrons. The molecule has 2 fully saturated rings. The summed E-state index contributed by atoms with van der Waals surface area (Å²) in [7, 11) is 2.17. The Hall–Kier alpha value is -0.570. The van der Waals surface area contributed by atoms with Crippen LogP contribution < -0.4 is 0 Å². The fraction of sp³-hybridized carbons (Fsp3) is 0.933. The maximum absolute atomic E-state index is 11.4. The van der Waals surface area contributed by atoms with Crippen LogP contribution in [-0.2, 0) is 4.79 Å². The van der Waals surface area contributed by atoms with Gasteiger partial charge in [0.25, 0.3) is 0 Å². The average molecular weight is 253 g/mol. The van der Waals surface area contributed by atoms with E-state index in [1.165, 1.54) is 32.1 Å². The molecule has 0 aromatic rings. The van der Waals surface area contributed by atoms with Gasteiger partial charge in [-0.15, -0.1) is 0 Å². The molecule has 0 bridgehead atoms. The first-order valence-corrected chi connectivity index (χ1v) is 7.56. The minimum atomic E-state index is -0.588. The minimum absolute atomic E-state index is 0.141. The second-order valence-corrected chi connectivity index (χ2v) is 6.29. The SMILES string of the molecule is CC1CCCCC1N(C)C1CCCCC1C(=O)O. The lowest BCUT2D eigenvalue weighted by Crippen LogP contribution is -2.50. The monoisotopic (exact) mass is 253 g/mol. The molecule has 3 heteroatoms.